The molecule has 2 amide bonds. The van der Waals surface area contributed by atoms with Gasteiger partial charge in [0.15, 0.2) is 0 Å². The van der Waals surface area contributed by atoms with Gasteiger partial charge in [-0.15, -0.1) is 0 Å². The van der Waals surface area contributed by atoms with E-state index in [9.17, 15) is 9.59 Å². The summed E-state index contributed by atoms with van der Waals surface area (Å²) in [6.07, 6.45) is 4.31. The molecule has 1 aliphatic rings. The van der Waals surface area contributed by atoms with Crippen LogP contribution in [-0.4, -0.2) is 36.5 Å². The van der Waals surface area contributed by atoms with Crippen LogP contribution in [0.1, 0.15) is 52.9 Å². The minimum Gasteiger partial charge on any atom is -0.356 e. The number of carbonyl (C=O) groups excluding carboxylic acids is 2. The predicted octanol–water partition coefficient (Wildman–Crippen LogP) is 0.940. The lowest BCUT2D eigenvalue weighted by Gasteiger charge is -2.23. The van der Waals surface area contributed by atoms with E-state index in [2.05, 4.69) is 16.0 Å². The second kappa shape index (κ2) is 7.48. The molecule has 0 aromatic carbocycles. The lowest BCUT2D eigenvalue weighted by Crippen LogP contribution is -2.42. The predicted molar refractivity (Wildman–Crippen MR) is 75.8 cm³/mol. The van der Waals surface area contributed by atoms with E-state index < -0.39 is 0 Å². The van der Waals surface area contributed by atoms with E-state index in [1.54, 1.807) is 0 Å². The summed E-state index contributed by atoms with van der Waals surface area (Å²) in [5.41, 5.74) is -0.215. The van der Waals surface area contributed by atoms with Gasteiger partial charge in [-0.3, -0.25) is 9.59 Å². The molecule has 0 aliphatic carbocycles. The zero-order valence-corrected chi connectivity index (χ0v) is 12.3. The van der Waals surface area contributed by atoms with Crippen LogP contribution >= 0.6 is 0 Å². The molecule has 5 heteroatoms. The molecule has 0 bridgehead atoms. The molecule has 0 radical (unpaired) electrons. The maximum atomic E-state index is 11.7. The Morgan fingerprint density at radius 3 is 2.53 bits per heavy atom. The number of rotatable bonds is 5. The molecule has 1 heterocycles. The molecular weight excluding hydrogens is 242 g/mol. The highest BCUT2D eigenvalue weighted by molar-refractivity contribution is 5.79. The van der Waals surface area contributed by atoms with Gasteiger partial charge in [0, 0.05) is 31.0 Å². The van der Waals surface area contributed by atoms with E-state index in [0.29, 0.717) is 25.4 Å². The third-order valence-electron chi connectivity index (χ3n) is 3.03. The highest BCUT2D eigenvalue weighted by Gasteiger charge is 2.17. The van der Waals surface area contributed by atoms with Gasteiger partial charge in [-0.05, 0) is 40.2 Å². The van der Waals surface area contributed by atoms with Crippen molar-refractivity contribution in [2.24, 2.45) is 0 Å². The van der Waals surface area contributed by atoms with E-state index in [-0.39, 0.29) is 17.4 Å². The summed E-state index contributed by atoms with van der Waals surface area (Å²) in [5.74, 6) is 0.00606. The molecule has 0 aromatic heterocycles. The molecule has 3 N–H and O–H groups in total. The Kier molecular flexibility index (Phi) is 6.28. The molecule has 5 nitrogen and oxygen atoms in total. The number of piperidine rings is 1. The number of hydrogen-bond donors (Lipinski definition) is 3. The summed E-state index contributed by atoms with van der Waals surface area (Å²) >= 11 is 0. The quantitative estimate of drug-likeness (QED) is 0.695. The van der Waals surface area contributed by atoms with Crippen LogP contribution < -0.4 is 16.0 Å². The van der Waals surface area contributed by atoms with E-state index in [0.717, 1.165) is 13.0 Å². The maximum Gasteiger partial charge on any atom is 0.222 e. The van der Waals surface area contributed by atoms with Gasteiger partial charge in [0.2, 0.25) is 11.8 Å². The average Bonchev–Trinajstić information content (AvgIpc) is 2.27. The molecule has 1 atom stereocenters. The standard InChI is InChI=1S/C14H27N3O2/c1-14(2,3)17-12(18)7-9-16-13(19)10-11-6-4-5-8-15-11/h11,15H,4-10H2,1-3H3,(H,16,19)(H,17,18). The van der Waals surface area contributed by atoms with Gasteiger partial charge in [0.1, 0.15) is 0 Å². The first-order chi connectivity index (χ1) is 8.87. The van der Waals surface area contributed by atoms with Crippen molar-refractivity contribution in [3.63, 3.8) is 0 Å². The molecule has 1 aliphatic heterocycles. The SMILES string of the molecule is CC(C)(C)NC(=O)CCNC(=O)CC1CCCCN1. The van der Waals surface area contributed by atoms with Crippen LogP contribution in [0.2, 0.25) is 0 Å². The van der Waals surface area contributed by atoms with Crippen LogP contribution in [0, 0.1) is 0 Å². The summed E-state index contributed by atoms with van der Waals surface area (Å²) < 4.78 is 0. The first kappa shape index (κ1) is 16.0. The molecule has 1 rings (SSSR count). The molecule has 1 saturated heterocycles. The first-order valence-corrected chi connectivity index (χ1v) is 7.18. The summed E-state index contributed by atoms with van der Waals surface area (Å²) in [7, 11) is 0. The summed E-state index contributed by atoms with van der Waals surface area (Å²) in [5, 5.41) is 9.02. The zero-order chi connectivity index (χ0) is 14.3. The van der Waals surface area contributed by atoms with Gasteiger partial charge in [-0.1, -0.05) is 6.42 Å². The molecule has 0 spiro atoms. The Balaban J connectivity index is 2.11. The third-order valence-corrected chi connectivity index (χ3v) is 3.03. The largest absolute Gasteiger partial charge is 0.356 e. The second-order valence-corrected chi connectivity index (χ2v) is 6.25. The highest BCUT2D eigenvalue weighted by Crippen LogP contribution is 2.09. The second-order valence-electron chi connectivity index (χ2n) is 6.25. The Bertz CT molecular complexity index is 304. The van der Waals surface area contributed by atoms with Crippen LogP contribution in [0.5, 0.6) is 0 Å². The van der Waals surface area contributed by atoms with Gasteiger partial charge in [-0.2, -0.15) is 0 Å². The normalized spacial score (nSPS) is 19.8. The topological polar surface area (TPSA) is 70.2 Å². The van der Waals surface area contributed by atoms with E-state index in [1.807, 2.05) is 20.8 Å². The minimum atomic E-state index is -0.215. The monoisotopic (exact) mass is 269 g/mol. The van der Waals surface area contributed by atoms with E-state index in [1.165, 1.54) is 12.8 Å². The average molecular weight is 269 g/mol. The Labute approximate surface area is 115 Å². The van der Waals surface area contributed by atoms with Crippen molar-refractivity contribution in [2.75, 3.05) is 13.1 Å². The smallest absolute Gasteiger partial charge is 0.222 e. The molecule has 0 saturated carbocycles. The van der Waals surface area contributed by atoms with Crippen molar-refractivity contribution >= 4 is 11.8 Å². The third kappa shape index (κ3) is 7.82. The van der Waals surface area contributed by atoms with Crippen LogP contribution in [0.3, 0.4) is 0 Å². The fraction of sp³-hybridized carbons (Fsp3) is 0.857. The molecule has 1 unspecified atom stereocenters. The number of amides is 2. The fourth-order valence-corrected chi connectivity index (χ4v) is 2.19. The van der Waals surface area contributed by atoms with Crippen molar-refractivity contribution in [1.82, 2.24) is 16.0 Å². The molecule has 19 heavy (non-hydrogen) atoms. The van der Waals surface area contributed by atoms with E-state index >= 15 is 0 Å². The van der Waals surface area contributed by atoms with E-state index in [4.69, 9.17) is 0 Å². The number of nitrogens with one attached hydrogen (secondary N) is 3. The van der Waals surface area contributed by atoms with Crippen molar-refractivity contribution in [2.45, 2.75) is 64.5 Å². The van der Waals surface area contributed by atoms with Crippen LogP contribution in [-0.2, 0) is 9.59 Å². The highest BCUT2D eigenvalue weighted by atomic mass is 16.2. The van der Waals surface area contributed by atoms with Gasteiger partial charge >= 0.3 is 0 Å². The van der Waals surface area contributed by atoms with Crippen LogP contribution in [0.4, 0.5) is 0 Å². The van der Waals surface area contributed by atoms with Gasteiger partial charge in [0.25, 0.3) is 0 Å². The Morgan fingerprint density at radius 2 is 1.95 bits per heavy atom. The van der Waals surface area contributed by atoms with Crippen molar-refractivity contribution < 1.29 is 9.59 Å². The molecule has 110 valence electrons. The van der Waals surface area contributed by atoms with Crippen LogP contribution in [0.25, 0.3) is 0 Å². The Hall–Kier alpha value is -1.10. The maximum absolute atomic E-state index is 11.7. The van der Waals surface area contributed by atoms with Gasteiger partial charge in [0.05, 0.1) is 0 Å². The lowest BCUT2D eigenvalue weighted by molar-refractivity contribution is -0.123. The summed E-state index contributed by atoms with van der Waals surface area (Å²) in [4.78, 5) is 23.3. The summed E-state index contributed by atoms with van der Waals surface area (Å²) in [6.45, 7) is 7.24. The van der Waals surface area contributed by atoms with Gasteiger partial charge in [-0.25, -0.2) is 0 Å². The number of carbonyl (C=O) groups is 2. The molecule has 0 aromatic rings. The number of hydrogen-bond acceptors (Lipinski definition) is 3. The Morgan fingerprint density at radius 1 is 1.21 bits per heavy atom. The molecule has 1 fully saturated rings. The van der Waals surface area contributed by atoms with Crippen molar-refractivity contribution in [3.8, 4) is 0 Å². The first-order valence-electron chi connectivity index (χ1n) is 7.18. The van der Waals surface area contributed by atoms with Crippen LogP contribution in [0.15, 0.2) is 0 Å². The van der Waals surface area contributed by atoms with Crippen molar-refractivity contribution in [3.05, 3.63) is 0 Å². The summed E-state index contributed by atoms with van der Waals surface area (Å²) in [6, 6.07) is 0.303. The molecular formula is C14H27N3O2. The minimum absolute atomic E-state index is 0.0245. The fourth-order valence-electron chi connectivity index (χ4n) is 2.19. The zero-order valence-electron chi connectivity index (χ0n) is 12.3. The lowest BCUT2D eigenvalue weighted by atomic mass is 10.0. The van der Waals surface area contributed by atoms with Crippen molar-refractivity contribution in [1.29, 1.82) is 0 Å². The van der Waals surface area contributed by atoms with Gasteiger partial charge < -0.3 is 16.0 Å².